The molecule has 2 unspecified atom stereocenters. The minimum atomic E-state index is -1.18. The van der Waals surface area contributed by atoms with Crippen LogP contribution >= 0.6 is 0 Å². The summed E-state index contributed by atoms with van der Waals surface area (Å²) in [5.41, 5.74) is 0. The Kier molecular flexibility index (Phi) is 5.75. The van der Waals surface area contributed by atoms with Crippen LogP contribution in [0.2, 0.25) is 0 Å². The highest BCUT2D eigenvalue weighted by atomic mass is 16.4. The first-order valence-electron chi connectivity index (χ1n) is 6.36. The molecule has 1 aliphatic carbocycles. The van der Waals surface area contributed by atoms with Crippen molar-refractivity contribution in [1.82, 2.24) is 10.6 Å². The molecule has 108 valence electrons. The van der Waals surface area contributed by atoms with Gasteiger partial charge < -0.3 is 20.8 Å². The molecule has 2 amide bonds. The molecule has 1 saturated carbocycles. The van der Waals surface area contributed by atoms with Gasteiger partial charge >= 0.3 is 5.97 Å². The molecule has 4 N–H and O–H groups in total. The van der Waals surface area contributed by atoms with Crippen LogP contribution in [0.3, 0.4) is 0 Å². The largest absolute Gasteiger partial charge is 0.480 e. The highest BCUT2D eigenvalue weighted by molar-refractivity contribution is 5.85. The molecule has 1 aliphatic rings. The fourth-order valence-electron chi connectivity index (χ4n) is 1.77. The van der Waals surface area contributed by atoms with Crippen LogP contribution in [-0.2, 0) is 14.4 Å². The molecular formula is C12H20N2O5. The zero-order valence-corrected chi connectivity index (χ0v) is 10.9. The van der Waals surface area contributed by atoms with Gasteiger partial charge in [0.25, 0.3) is 0 Å². The summed E-state index contributed by atoms with van der Waals surface area (Å²) in [6.07, 6.45) is 0.880. The molecule has 0 heterocycles. The van der Waals surface area contributed by atoms with E-state index in [1.54, 1.807) is 0 Å². The van der Waals surface area contributed by atoms with Crippen molar-refractivity contribution >= 4 is 17.8 Å². The minimum absolute atomic E-state index is 0.0298. The molecule has 0 aromatic heterocycles. The number of carboxylic acids is 1. The molecule has 7 nitrogen and oxygen atoms in total. The van der Waals surface area contributed by atoms with Crippen LogP contribution in [0.4, 0.5) is 0 Å². The molecule has 0 radical (unpaired) electrons. The summed E-state index contributed by atoms with van der Waals surface area (Å²) in [6.45, 7) is 1.87. The third-order valence-electron chi connectivity index (χ3n) is 3.15. The molecule has 1 fully saturated rings. The van der Waals surface area contributed by atoms with Crippen molar-refractivity contribution in [2.24, 2.45) is 11.8 Å². The van der Waals surface area contributed by atoms with Gasteiger partial charge in [-0.05, 0) is 12.3 Å². The van der Waals surface area contributed by atoms with Gasteiger partial charge in [-0.2, -0.15) is 0 Å². The van der Waals surface area contributed by atoms with E-state index in [-0.39, 0.29) is 37.8 Å². The van der Waals surface area contributed by atoms with Crippen LogP contribution in [0.15, 0.2) is 0 Å². The second kappa shape index (κ2) is 7.08. The van der Waals surface area contributed by atoms with Gasteiger partial charge in [0.2, 0.25) is 11.8 Å². The Hall–Kier alpha value is -1.63. The SMILES string of the molecule is CC1CC1C(=O)NCCC(=O)N[C@H](CCO)C(=O)O. The molecule has 0 aromatic rings. The molecule has 0 aromatic carbocycles. The number of hydrogen-bond acceptors (Lipinski definition) is 4. The number of amides is 2. The zero-order valence-electron chi connectivity index (χ0n) is 10.9. The lowest BCUT2D eigenvalue weighted by Crippen LogP contribution is -2.42. The predicted octanol–water partition coefficient (Wildman–Crippen LogP) is -0.899. The molecule has 3 atom stereocenters. The van der Waals surface area contributed by atoms with Gasteiger partial charge in [-0.1, -0.05) is 6.92 Å². The second-order valence-electron chi connectivity index (χ2n) is 4.83. The topological polar surface area (TPSA) is 116 Å². The van der Waals surface area contributed by atoms with E-state index < -0.39 is 17.9 Å². The van der Waals surface area contributed by atoms with Crippen LogP contribution in [-0.4, -0.2) is 47.2 Å². The smallest absolute Gasteiger partial charge is 0.326 e. The highest BCUT2D eigenvalue weighted by Crippen LogP contribution is 2.37. The minimum Gasteiger partial charge on any atom is -0.480 e. The third-order valence-corrected chi connectivity index (χ3v) is 3.15. The Bertz CT molecular complexity index is 358. The lowest BCUT2D eigenvalue weighted by molar-refractivity contribution is -0.142. The Balaban J connectivity index is 2.19. The van der Waals surface area contributed by atoms with E-state index in [4.69, 9.17) is 10.2 Å². The van der Waals surface area contributed by atoms with Gasteiger partial charge in [-0.3, -0.25) is 9.59 Å². The summed E-state index contributed by atoms with van der Waals surface area (Å²) in [6, 6.07) is -1.09. The van der Waals surface area contributed by atoms with E-state index in [0.29, 0.717) is 5.92 Å². The number of aliphatic hydroxyl groups is 1. The van der Waals surface area contributed by atoms with E-state index in [2.05, 4.69) is 10.6 Å². The number of carbonyl (C=O) groups is 3. The first kappa shape index (κ1) is 15.4. The molecule has 19 heavy (non-hydrogen) atoms. The number of aliphatic hydroxyl groups excluding tert-OH is 1. The molecule has 0 saturated heterocycles. The zero-order chi connectivity index (χ0) is 14.4. The monoisotopic (exact) mass is 272 g/mol. The number of rotatable bonds is 8. The maximum absolute atomic E-state index is 11.5. The Morgan fingerprint density at radius 3 is 2.47 bits per heavy atom. The summed E-state index contributed by atoms with van der Waals surface area (Å²) < 4.78 is 0. The third kappa shape index (κ3) is 5.25. The fraction of sp³-hybridized carbons (Fsp3) is 0.750. The Morgan fingerprint density at radius 1 is 1.37 bits per heavy atom. The van der Waals surface area contributed by atoms with Crippen LogP contribution in [0.25, 0.3) is 0 Å². The lowest BCUT2D eigenvalue weighted by atomic mass is 10.2. The molecule has 7 heteroatoms. The summed E-state index contributed by atoms with van der Waals surface area (Å²) in [4.78, 5) is 33.7. The molecule has 0 bridgehead atoms. The van der Waals surface area contributed by atoms with Crippen LogP contribution < -0.4 is 10.6 Å². The number of hydrogen-bond donors (Lipinski definition) is 4. The van der Waals surface area contributed by atoms with Crippen LogP contribution in [0.5, 0.6) is 0 Å². The van der Waals surface area contributed by atoms with Crippen molar-refractivity contribution < 1.29 is 24.6 Å². The van der Waals surface area contributed by atoms with Gasteiger partial charge in [-0.15, -0.1) is 0 Å². The van der Waals surface area contributed by atoms with Gasteiger partial charge in [-0.25, -0.2) is 4.79 Å². The molecular weight excluding hydrogens is 252 g/mol. The van der Waals surface area contributed by atoms with Gasteiger partial charge in [0.05, 0.1) is 0 Å². The van der Waals surface area contributed by atoms with E-state index >= 15 is 0 Å². The molecule has 1 rings (SSSR count). The van der Waals surface area contributed by atoms with Crippen molar-refractivity contribution in [3.8, 4) is 0 Å². The summed E-state index contributed by atoms with van der Waals surface area (Å²) in [5.74, 6) is -1.22. The average Bonchev–Trinajstić information content (AvgIpc) is 3.05. The number of carbonyl (C=O) groups excluding carboxylic acids is 2. The van der Waals surface area contributed by atoms with Crippen molar-refractivity contribution in [2.75, 3.05) is 13.2 Å². The maximum atomic E-state index is 11.5. The first-order valence-corrected chi connectivity index (χ1v) is 6.36. The lowest BCUT2D eigenvalue weighted by Gasteiger charge is -2.13. The fourth-order valence-corrected chi connectivity index (χ4v) is 1.77. The number of carboxylic acid groups (broad SMARTS) is 1. The molecule has 0 aliphatic heterocycles. The number of nitrogens with one attached hydrogen (secondary N) is 2. The average molecular weight is 272 g/mol. The van der Waals surface area contributed by atoms with Crippen LogP contribution in [0.1, 0.15) is 26.2 Å². The normalized spacial score (nSPS) is 22.4. The summed E-state index contributed by atoms with van der Waals surface area (Å²) in [5, 5.41) is 22.4. The first-order chi connectivity index (χ1) is 8.95. The van der Waals surface area contributed by atoms with Crippen molar-refractivity contribution in [3.05, 3.63) is 0 Å². The second-order valence-corrected chi connectivity index (χ2v) is 4.83. The predicted molar refractivity (Wildman–Crippen MR) is 66.2 cm³/mol. The van der Waals surface area contributed by atoms with Crippen molar-refractivity contribution in [2.45, 2.75) is 32.2 Å². The summed E-state index contributed by atoms with van der Waals surface area (Å²) >= 11 is 0. The van der Waals surface area contributed by atoms with E-state index in [1.165, 1.54) is 0 Å². The highest BCUT2D eigenvalue weighted by Gasteiger charge is 2.38. The van der Waals surface area contributed by atoms with Gasteiger partial charge in [0.1, 0.15) is 6.04 Å². The van der Waals surface area contributed by atoms with E-state index in [0.717, 1.165) is 6.42 Å². The van der Waals surface area contributed by atoms with E-state index in [1.807, 2.05) is 6.92 Å². The van der Waals surface area contributed by atoms with E-state index in [9.17, 15) is 14.4 Å². The Labute approximate surface area is 111 Å². The van der Waals surface area contributed by atoms with Crippen molar-refractivity contribution in [3.63, 3.8) is 0 Å². The number of aliphatic carboxylic acids is 1. The standard InChI is InChI=1S/C12H20N2O5/c1-7-6-8(7)11(17)13-4-2-10(16)14-9(3-5-15)12(18)19/h7-9,15H,2-6H2,1H3,(H,13,17)(H,14,16)(H,18,19)/t7?,8?,9-/m1/s1. The van der Waals surface area contributed by atoms with Gasteiger partial charge in [0, 0.05) is 31.9 Å². The summed E-state index contributed by atoms with van der Waals surface area (Å²) in [7, 11) is 0. The maximum Gasteiger partial charge on any atom is 0.326 e. The van der Waals surface area contributed by atoms with Crippen LogP contribution in [0, 0.1) is 11.8 Å². The molecule has 0 spiro atoms. The van der Waals surface area contributed by atoms with Crippen molar-refractivity contribution in [1.29, 1.82) is 0 Å². The van der Waals surface area contributed by atoms with Gasteiger partial charge in [0.15, 0.2) is 0 Å². The quantitative estimate of drug-likeness (QED) is 0.457. The Morgan fingerprint density at radius 2 is 2.00 bits per heavy atom.